The molecule has 1 aromatic rings. The van der Waals surface area contributed by atoms with E-state index in [1.165, 1.54) is 4.90 Å². The number of hydrogen-bond acceptors (Lipinski definition) is 6. The van der Waals surface area contributed by atoms with Gasteiger partial charge in [-0.2, -0.15) is 0 Å². The molecule has 0 spiro atoms. The Balaban J connectivity index is 1.71. The summed E-state index contributed by atoms with van der Waals surface area (Å²) in [5.41, 5.74) is 1.76. The maximum absolute atomic E-state index is 12.5. The predicted molar refractivity (Wildman–Crippen MR) is 92.6 cm³/mol. The highest BCUT2D eigenvalue weighted by molar-refractivity contribution is 5.99. The van der Waals surface area contributed by atoms with Crippen LogP contribution in [0.5, 0.6) is 0 Å². The van der Waals surface area contributed by atoms with E-state index in [2.05, 4.69) is 0 Å². The van der Waals surface area contributed by atoms with Crippen molar-refractivity contribution in [3.63, 3.8) is 0 Å². The molecular formula is C19H23NO6. The maximum Gasteiger partial charge on any atom is 0.347 e. The van der Waals surface area contributed by atoms with Gasteiger partial charge in [0.2, 0.25) is 12.0 Å². The first-order chi connectivity index (χ1) is 12.6. The van der Waals surface area contributed by atoms with Crippen LogP contribution in [0, 0.1) is 5.92 Å². The van der Waals surface area contributed by atoms with E-state index in [0.29, 0.717) is 19.6 Å². The van der Waals surface area contributed by atoms with E-state index >= 15 is 0 Å². The largest absolute Gasteiger partial charge is 0.463 e. The van der Waals surface area contributed by atoms with E-state index in [9.17, 15) is 14.4 Å². The smallest absolute Gasteiger partial charge is 0.347 e. The minimum Gasteiger partial charge on any atom is -0.463 e. The monoisotopic (exact) mass is 361 g/mol. The number of anilines is 1. The van der Waals surface area contributed by atoms with Crippen molar-refractivity contribution in [2.45, 2.75) is 32.3 Å². The number of hydrogen-bond donors (Lipinski definition) is 0. The van der Waals surface area contributed by atoms with E-state index < -0.39 is 18.0 Å². The number of esters is 2. The van der Waals surface area contributed by atoms with Crippen molar-refractivity contribution < 1.29 is 28.6 Å². The zero-order valence-electron chi connectivity index (χ0n) is 14.8. The lowest BCUT2D eigenvalue weighted by Gasteiger charge is -2.32. The second-order valence-electron chi connectivity index (χ2n) is 6.42. The minimum absolute atomic E-state index is 0.119. The highest BCUT2D eigenvalue weighted by atomic mass is 16.6. The van der Waals surface area contributed by atoms with E-state index in [1.54, 1.807) is 6.92 Å². The lowest BCUT2D eigenvalue weighted by Crippen LogP contribution is -2.47. The van der Waals surface area contributed by atoms with Gasteiger partial charge < -0.3 is 19.1 Å². The first-order valence-corrected chi connectivity index (χ1v) is 8.92. The molecule has 0 N–H and O–H groups in total. The summed E-state index contributed by atoms with van der Waals surface area (Å²) in [6.07, 6.45) is 0.915. The molecule has 3 rings (SSSR count). The third-order valence-electron chi connectivity index (χ3n) is 4.58. The quantitative estimate of drug-likeness (QED) is 0.714. The van der Waals surface area contributed by atoms with Gasteiger partial charge in [0.05, 0.1) is 25.7 Å². The summed E-state index contributed by atoms with van der Waals surface area (Å²) in [5, 5.41) is 0. The number of carbonyl (C=O) groups is 3. The van der Waals surface area contributed by atoms with E-state index in [-0.39, 0.29) is 25.0 Å². The Bertz CT molecular complexity index is 684. The van der Waals surface area contributed by atoms with Gasteiger partial charge in [-0.05, 0) is 31.4 Å². The summed E-state index contributed by atoms with van der Waals surface area (Å²) in [5.74, 6) is -1.52. The lowest BCUT2D eigenvalue weighted by molar-refractivity contribution is -0.183. The van der Waals surface area contributed by atoms with Crippen molar-refractivity contribution in [2.75, 3.05) is 31.3 Å². The third-order valence-corrected chi connectivity index (χ3v) is 4.58. The van der Waals surface area contributed by atoms with Crippen LogP contribution >= 0.6 is 0 Å². The van der Waals surface area contributed by atoms with Gasteiger partial charge in [-0.1, -0.05) is 18.2 Å². The number of amides is 1. The van der Waals surface area contributed by atoms with Crippen molar-refractivity contribution >= 4 is 23.5 Å². The number of fused-ring (bicyclic) bond motifs is 1. The summed E-state index contributed by atoms with van der Waals surface area (Å²) in [7, 11) is 0. The molecule has 7 heteroatoms. The zero-order chi connectivity index (χ0) is 18.5. The second kappa shape index (κ2) is 8.31. The van der Waals surface area contributed by atoms with Crippen molar-refractivity contribution in [1.82, 2.24) is 0 Å². The molecular weight excluding hydrogens is 338 g/mol. The summed E-state index contributed by atoms with van der Waals surface area (Å²) in [6, 6.07) is 7.54. The van der Waals surface area contributed by atoms with Crippen LogP contribution in [-0.2, 0) is 35.0 Å². The fourth-order valence-corrected chi connectivity index (χ4v) is 3.16. The molecule has 1 amide bonds. The normalized spacial score (nSPS) is 18.3. The predicted octanol–water partition coefficient (Wildman–Crippen LogP) is 1.48. The summed E-state index contributed by atoms with van der Waals surface area (Å²) >= 11 is 0. The van der Waals surface area contributed by atoms with Crippen molar-refractivity contribution in [3.8, 4) is 0 Å². The molecule has 0 aliphatic carbocycles. The van der Waals surface area contributed by atoms with Gasteiger partial charge in [-0.3, -0.25) is 9.59 Å². The topological polar surface area (TPSA) is 82.1 Å². The van der Waals surface area contributed by atoms with E-state index in [4.69, 9.17) is 14.2 Å². The molecule has 0 radical (unpaired) electrons. The van der Waals surface area contributed by atoms with Crippen LogP contribution in [-0.4, -0.2) is 50.3 Å². The van der Waals surface area contributed by atoms with E-state index in [1.807, 2.05) is 24.3 Å². The fourth-order valence-electron chi connectivity index (χ4n) is 3.16. The third kappa shape index (κ3) is 4.04. The first-order valence-electron chi connectivity index (χ1n) is 8.92. The van der Waals surface area contributed by atoms with Crippen LogP contribution in [0.1, 0.15) is 25.3 Å². The number of nitrogens with zero attached hydrogens (tertiary/aromatic N) is 1. The molecule has 2 heterocycles. The van der Waals surface area contributed by atoms with Crippen LogP contribution < -0.4 is 4.90 Å². The Morgan fingerprint density at radius 1 is 1.27 bits per heavy atom. The molecule has 1 fully saturated rings. The molecule has 26 heavy (non-hydrogen) atoms. The summed E-state index contributed by atoms with van der Waals surface area (Å²) in [4.78, 5) is 38.5. The molecule has 1 unspecified atom stereocenters. The average molecular weight is 361 g/mol. The number of benzene rings is 1. The molecule has 140 valence electrons. The number of carbonyl (C=O) groups excluding carboxylic acids is 3. The zero-order valence-corrected chi connectivity index (χ0v) is 14.8. The van der Waals surface area contributed by atoms with Crippen LogP contribution in [0.25, 0.3) is 0 Å². The second-order valence-corrected chi connectivity index (χ2v) is 6.42. The molecule has 0 saturated carbocycles. The molecule has 0 bridgehead atoms. The van der Waals surface area contributed by atoms with Gasteiger partial charge in [0.15, 0.2) is 0 Å². The fraction of sp³-hybridized carbons (Fsp3) is 0.526. The van der Waals surface area contributed by atoms with Crippen LogP contribution in [0.4, 0.5) is 5.69 Å². The van der Waals surface area contributed by atoms with Gasteiger partial charge in [0.1, 0.15) is 6.54 Å². The van der Waals surface area contributed by atoms with Gasteiger partial charge >= 0.3 is 11.9 Å². The Labute approximate surface area is 152 Å². The standard InChI is InChI=1S/C19H23NO6/c1-2-25-19(23)18(14-11-24-12-14)26-17(22)10-20-15-8-4-3-6-13(15)7-5-9-16(20)21/h3-4,6,8,14,18H,2,5,7,9-12H2,1H3. The lowest BCUT2D eigenvalue weighted by atomic mass is 10.0. The molecule has 0 aromatic heterocycles. The van der Waals surface area contributed by atoms with Crippen LogP contribution in [0.2, 0.25) is 0 Å². The van der Waals surface area contributed by atoms with Crippen molar-refractivity contribution in [2.24, 2.45) is 5.92 Å². The first kappa shape index (κ1) is 18.4. The van der Waals surface area contributed by atoms with Crippen molar-refractivity contribution in [3.05, 3.63) is 29.8 Å². The number of rotatable bonds is 6. The summed E-state index contributed by atoms with van der Waals surface area (Å²) in [6.45, 7) is 2.38. The SMILES string of the molecule is CCOC(=O)C(OC(=O)CN1C(=O)CCCc2ccccc21)C1COC1. The number of aryl methyl sites for hydroxylation is 1. The minimum atomic E-state index is -0.992. The Morgan fingerprint density at radius 3 is 2.73 bits per heavy atom. The Hall–Kier alpha value is -2.41. The molecule has 1 aromatic carbocycles. The van der Waals surface area contributed by atoms with Gasteiger partial charge in [0.25, 0.3) is 0 Å². The molecule has 1 atom stereocenters. The van der Waals surface area contributed by atoms with Crippen LogP contribution in [0.15, 0.2) is 24.3 Å². The number of ether oxygens (including phenoxy) is 3. The maximum atomic E-state index is 12.5. The molecule has 1 saturated heterocycles. The van der Waals surface area contributed by atoms with Crippen LogP contribution in [0.3, 0.4) is 0 Å². The highest BCUT2D eigenvalue weighted by Gasteiger charge is 2.38. The van der Waals surface area contributed by atoms with Gasteiger partial charge in [-0.15, -0.1) is 0 Å². The van der Waals surface area contributed by atoms with E-state index in [0.717, 1.165) is 24.1 Å². The molecule has 2 aliphatic rings. The van der Waals surface area contributed by atoms with Crippen molar-refractivity contribution in [1.29, 1.82) is 0 Å². The Kier molecular flexibility index (Phi) is 5.88. The molecule has 2 aliphatic heterocycles. The van der Waals surface area contributed by atoms with Gasteiger partial charge in [-0.25, -0.2) is 4.79 Å². The summed E-state index contributed by atoms with van der Waals surface area (Å²) < 4.78 is 15.5. The number of para-hydroxylation sites is 1. The average Bonchev–Trinajstić information content (AvgIpc) is 2.72. The molecule has 7 nitrogen and oxygen atoms in total. The highest BCUT2D eigenvalue weighted by Crippen LogP contribution is 2.27. The van der Waals surface area contributed by atoms with Gasteiger partial charge in [0, 0.05) is 12.1 Å². The Morgan fingerprint density at radius 2 is 2.04 bits per heavy atom.